The van der Waals surface area contributed by atoms with Crippen molar-refractivity contribution in [3.63, 3.8) is 0 Å². The minimum atomic E-state index is -4.00. The average Bonchev–Trinajstić information content (AvgIpc) is 2.67. The van der Waals surface area contributed by atoms with Crippen LogP contribution in [0, 0.1) is 20.8 Å². The van der Waals surface area contributed by atoms with E-state index in [1.54, 1.807) is 30.3 Å². The molecule has 0 spiro atoms. The van der Waals surface area contributed by atoms with E-state index in [9.17, 15) is 13.2 Å². The number of anilines is 2. The van der Waals surface area contributed by atoms with Gasteiger partial charge in [0.2, 0.25) is 0 Å². The zero-order chi connectivity index (χ0) is 22.1. The van der Waals surface area contributed by atoms with E-state index < -0.39 is 15.9 Å². The van der Waals surface area contributed by atoms with Crippen molar-refractivity contribution in [2.45, 2.75) is 25.7 Å². The van der Waals surface area contributed by atoms with Crippen LogP contribution in [0.5, 0.6) is 0 Å². The molecule has 1 amide bonds. The molecule has 30 heavy (non-hydrogen) atoms. The molecule has 0 bridgehead atoms. The van der Waals surface area contributed by atoms with E-state index in [-0.39, 0.29) is 15.5 Å². The maximum atomic E-state index is 12.9. The summed E-state index contributed by atoms with van der Waals surface area (Å²) in [6.07, 6.45) is 0. The van der Waals surface area contributed by atoms with Crippen LogP contribution in [0.25, 0.3) is 0 Å². The third-order valence-corrected chi connectivity index (χ3v) is 6.94. The summed E-state index contributed by atoms with van der Waals surface area (Å²) in [6, 6.07) is 14.4. The lowest BCUT2D eigenvalue weighted by atomic mass is 10.1. The smallest absolute Gasteiger partial charge is 0.263 e. The first kappa shape index (κ1) is 22.2. The van der Waals surface area contributed by atoms with E-state index in [4.69, 9.17) is 23.2 Å². The summed E-state index contributed by atoms with van der Waals surface area (Å²) < 4.78 is 28.3. The van der Waals surface area contributed by atoms with Crippen molar-refractivity contribution in [3.8, 4) is 0 Å². The van der Waals surface area contributed by atoms with Gasteiger partial charge in [0, 0.05) is 22.0 Å². The van der Waals surface area contributed by atoms with Crippen LogP contribution in [0.15, 0.2) is 59.5 Å². The van der Waals surface area contributed by atoms with Gasteiger partial charge < -0.3 is 5.32 Å². The standard InChI is InChI=1S/C22H20Cl2N2O3S/c1-13-4-8-18(10-15(13)3)26-30(28,29)21-11-16(6-9-19(21)23)22(27)25-17-7-5-14(2)20(24)12-17/h4-12,26H,1-3H3,(H,25,27). The number of rotatable bonds is 5. The van der Waals surface area contributed by atoms with E-state index in [0.717, 1.165) is 16.7 Å². The second-order valence-electron chi connectivity index (χ2n) is 6.97. The highest BCUT2D eigenvalue weighted by atomic mass is 35.5. The molecule has 3 rings (SSSR count). The van der Waals surface area contributed by atoms with Crippen molar-refractivity contribution >= 4 is 50.5 Å². The minimum Gasteiger partial charge on any atom is -0.322 e. The number of aryl methyl sites for hydroxylation is 3. The Kier molecular flexibility index (Phi) is 6.41. The molecule has 0 fully saturated rings. The number of halogens is 2. The Labute approximate surface area is 186 Å². The van der Waals surface area contributed by atoms with Crippen LogP contribution in [0.4, 0.5) is 11.4 Å². The number of hydrogen-bond donors (Lipinski definition) is 2. The summed E-state index contributed by atoms with van der Waals surface area (Å²) in [5, 5.41) is 3.24. The molecule has 5 nitrogen and oxygen atoms in total. The second kappa shape index (κ2) is 8.68. The quantitative estimate of drug-likeness (QED) is 0.490. The van der Waals surface area contributed by atoms with Gasteiger partial charge in [-0.3, -0.25) is 9.52 Å². The zero-order valence-electron chi connectivity index (χ0n) is 16.6. The molecular weight excluding hydrogens is 443 g/mol. The normalized spacial score (nSPS) is 11.2. The first-order chi connectivity index (χ1) is 14.1. The Morgan fingerprint density at radius 2 is 1.43 bits per heavy atom. The number of nitrogens with one attached hydrogen (secondary N) is 2. The highest BCUT2D eigenvalue weighted by Gasteiger charge is 2.21. The molecule has 0 aromatic heterocycles. The van der Waals surface area contributed by atoms with E-state index in [1.165, 1.54) is 18.2 Å². The van der Waals surface area contributed by atoms with Crippen LogP contribution in [0.1, 0.15) is 27.0 Å². The van der Waals surface area contributed by atoms with Gasteiger partial charge in [-0.15, -0.1) is 0 Å². The third-order valence-electron chi connectivity index (χ3n) is 4.67. The lowest BCUT2D eigenvalue weighted by Crippen LogP contribution is -2.16. The van der Waals surface area contributed by atoms with Crippen LogP contribution in [0.3, 0.4) is 0 Å². The molecule has 0 saturated carbocycles. The Balaban J connectivity index is 1.88. The molecule has 2 N–H and O–H groups in total. The summed E-state index contributed by atoms with van der Waals surface area (Å²) >= 11 is 12.2. The van der Waals surface area contributed by atoms with Gasteiger partial charge >= 0.3 is 0 Å². The molecule has 8 heteroatoms. The lowest BCUT2D eigenvalue weighted by Gasteiger charge is -2.13. The molecule has 0 heterocycles. The van der Waals surface area contributed by atoms with Crippen molar-refractivity contribution in [2.24, 2.45) is 0 Å². The second-order valence-corrected chi connectivity index (χ2v) is 9.43. The molecule has 0 radical (unpaired) electrons. The molecule has 0 atom stereocenters. The van der Waals surface area contributed by atoms with E-state index in [2.05, 4.69) is 10.0 Å². The number of benzene rings is 3. The van der Waals surface area contributed by atoms with Crippen molar-refractivity contribution in [1.82, 2.24) is 0 Å². The SMILES string of the molecule is Cc1ccc(NS(=O)(=O)c2cc(C(=O)Nc3ccc(C)c(Cl)c3)ccc2Cl)cc1C. The van der Waals surface area contributed by atoms with E-state index in [0.29, 0.717) is 16.4 Å². The van der Waals surface area contributed by atoms with Gasteiger partial charge in [-0.25, -0.2) is 8.42 Å². The molecular formula is C22H20Cl2N2O3S. The van der Waals surface area contributed by atoms with Crippen LogP contribution < -0.4 is 10.0 Å². The number of sulfonamides is 1. The summed E-state index contributed by atoms with van der Waals surface area (Å²) in [5.74, 6) is -0.478. The Bertz CT molecular complexity index is 1240. The van der Waals surface area contributed by atoms with Gasteiger partial charge in [0.15, 0.2) is 0 Å². The lowest BCUT2D eigenvalue weighted by molar-refractivity contribution is 0.102. The first-order valence-electron chi connectivity index (χ1n) is 9.04. The molecule has 3 aromatic rings. The zero-order valence-corrected chi connectivity index (χ0v) is 18.9. The van der Waals surface area contributed by atoms with E-state index >= 15 is 0 Å². The topological polar surface area (TPSA) is 75.3 Å². The fraction of sp³-hybridized carbons (Fsp3) is 0.136. The molecule has 0 unspecified atom stereocenters. The number of hydrogen-bond acceptors (Lipinski definition) is 3. The van der Waals surface area contributed by atoms with Gasteiger partial charge in [-0.2, -0.15) is 0 Å². The molecule has 0 aliphatic rings. The number of carbonyl (C=O) groups excluding carboxylic acids is 1. The minimum absolute atomic E-state index is 0.0151. The summed E-state index contributed by atoms with van der Waals surface area (Å²) in [7, 11) is -4.00. The third kappa shape index (κ3) is 4.95. The monoisotopic (exact) mass is 462 g/mol. The summed E-state index contributed by atoms with van der Waals surface area (Å²) in [6.45, 7) is 5.68. The van der Waals surface area contributed by atoms with Gasteiger partial charge in [0.05, 0.1) is 5.02 Å². The van der Waals surface area contributed by atoms with Crippen molar-refractivity contribution in [2.75, 3.05) is 10.0 Å². The molecule has 0 aliphatic carbocycles. The largest absolute Gasteiger partial charge is 0.322 e. The van der Waals surface area contributed by atoms with Crippen LogP contribution in [-0.2, 0) is 10.0 Å². The summed E-state index contributed by atoms with van der Waals surface area (Å²) in [4.78, 5) is 12.4. The Morgan fingerprint density at radius 3 is 2.10 bits per heavy atom. The Hall–Kier alpha value is -2.54. The maximum absolute atomic E-state index is 12.9. The molecule has 0 saturated heterocycles. The number of carbonyl (C=O) groups is 1. The van der Waals surface area contributed by atoms with Gasteiger partial charge in [-0.05, 0) is 79.9 Å². The highest BCUT2D eigenvalue weighted by Crippen LogP contribution is 2.27. The van der Waals surface area contributed by atoms with Crippen LogP contribution in [-0.4, -0.2) is 14.3 Å². The predicted molar refractivity (Wildman–Crippen MR) is 122 cm³/mol. The predicted octanol–water partition coefficient (Wildman–Crippen LogP) is 5.97. The number of amides is 1. The first-order valence-corrected chi connectivity index (χ1v) is 11.3. The van der Waals surface area contributed by atoms with Gasteiger partial charge in [-0.1, -0.05) is 35.3 Å². The molecule has 3 aromatic carbocycles. The summed E-state index contributed by atoms with van der Waals surface area (Å²) in [5.41, 5.74) is 3.95. The molecule has 156 valence electrons. The highest BCUT2D eigenvalue weighted by molar-refractivity contribution is 7.92. The van der Waals surface area contributed by atoms with Crippen LogP contribution in [0.2, 0.25) is 10.0 Å². The van der Waals surface area contributed by atoms with Crippen molar-refractivity contribution in [1.29, 1.82) is 0 Å². The maximum Gasteiger partial charge on any atom is 0.263 e. The van der Waals surface area contributed by atoms with Gasteiger partial charge in [0.1, 0.15) is 4.90 Å². The van der Waals surface area contributed by atoms with E-state index in [1.807, 2.05) is 26.8 Å². The Morgan fingerprint density at radius 1 is 0.767 bits per heavy atom. The van der Waals surface area contributed by atoms with Crippen LogP contribution >= 0.6 is 23.2 Å². The molecule has 0 aliphatic heterocycles. The fourth-order valence-electron chi connectivity index (χ4n) is 2.74. The fourth-order valence-corrected chi connectivity index (χ4v) is 4.50. The van der Waals surface area contributed by atoms with Gasteiger partial charge in [0.25, 0.3) is 15.9 Å². The van der Waals surface area contributed by atoms with Crippen molar-refractivity contribution in [3.05, 3.63) is 86.9 Å². The average molecular weight is 463 g/mol. The van der Waals surface area contributed by atoms with Crippen molar-refractivity contribution < 1.29 is 13.2 Å².